The van der Waals surface area contributed by atoms with Gasteiger partial charge in [-0.3, -0.25) is 29.8 Å². The normalized spacial score (nSPS) is 24.3. The van der Waals surface area contributed by atoms with Crippen LogP contribution in [0.5, 0.6) is 0 Å². The number of nitrogens with one attached hydrogen (secondary N) is 6. The first-order chi connectivity index (χ1) is 32.7. The van der Waals surface area contributed by atoms with Gasteiger partial charge in [-0.1, -0.05) is 55.7 Å². The number of hydrogen-bond donors (Lipinski definition) is 6. The maximum Gasteiger partial charge on any atom is 0.412 e. The zero-order valence-electron chi connectivity index (χ0n) is 39.8. The lowest BCUT2D eigenvalue weighted by molar-refractivity contribution is -0.139. The minimum atomic E-state index is -3.77. The van der Waals surface area contributed by atoms with Crippen LogP contribution in [0.4, 0.5) is 21.0 Å². The van der Waals surface area contributed by atoms with E-state index in [1.54, 1.807) is 88.6 Å². The van der Waals surface area contributed by atoms with Crippen LogP contribution in [0.1, 0.15) is 58.8 Å². The molecule has 4 fully saturated rings. The van der Waals surface area contributed by atoms with Crippen molar-refractivity contribution in [1.29, 1.82) is 0 Å². The summed E-state index contributed by atoms with van der Waals surface area (Å²) in [6.07, 6.45) is 0.566. The molecule has 4 aliphatic rings. The predicted molar refractivity (Wildman–Crippen MR) is 256 cm³/mol. The van der Waals surface area contributed by atoms with E-state index in [1.807, 2.05) is 0 Å². The van der Waals surface area contributed by atoms with Gasteiger partial charge in [0, 0.05) is 24.5 Å². The van der Waals surface area contributed by atoms with Crippen molar-refractivity contribution in [1.82, 2.24) is 39.7 Å². The lowest BCUT2D eigenvalue weighted by Crippen LogP contribution is -2.56. The molecule has 380 valence electrons. The maximum atomic E-state index is 14.6. The molecule has 2 aromatic rings. The summed E-state index contributed by atoms with van der Waals surface area (Å²) in [6, 6.07) is 10.7. The molecule has 0 aliphatic carbocycles. The number of hydrogen-bond acceptors (Lipinski definition) is 14. The summed E-state index contributed by atoms with van der Waals surface area (Å²) in [7, 11) is -4.33. The van der Waals surface area contributed by atoms with Gasteiger partial charge in [-0.25, -0.2) is 26.4 Å². The Kier molecular flexibility index (Phi) is 17.7. The van der Waals surface area contributed by atoms with Gasteiger partial charge in [0.25, 0.3) is 0 Å². The van der Waals surface area contributed by atoms with Gasteiger partial charge in [0.05, 0.1) is 61.9 Å². The minimum Gasteiger partial charge on any atom is -0.442 e. The van der Waals surface area contributed by atoms with Crippen LogP contribution in [0.2, 0.25) is 0 Å². The van der Waals surface area contributed by atoms with Crippen LogP contribution in [-0.4, -0.2) is 184 Å². The van der Waals surface area contributed by atoms with Gasteiger partial charge in [-0.05, 0) is 77.9 Å². The molecule has 4 saturated heterocycles. The van der Waals surface area contributed by atoms with Gasteiger partial charge in [0.1, 0.15) is 24.3 Å². The molecular weight excluding hydrogens is 937 g/mol. The molecule has 0 saturated carbocycles. The van der Waals surface area contributed by atoms with Gasteiger partial charge >= 0.3 is 12.2 Å². The molecule has 0 aromatic heterocycles. The maximum absolute atomic E-state index is 14.6. The molecule has 6 N–H and O–H groups in total. The largest absolute Gasteiger partial charge is 0.442 e. The van der Waals surface area contributed by atoms with E-state index in [4.69, 9.17) is 9.47 Å². The molecule has 6 amide bonds. The molecule has 0 radical (unpaired) electrons. The van der Waals surface area contributed by atoms with E-state index in [0.29, 0.717) is 30.6 Å². The van der Waals surface area contributed by atoms with Crippen molar-refractivity contribution in [3.8, 4) is 0 Å². The lowest BCUT2D eigenvalue weighted by Gasteiger charge is -2.32. The van der Waals surface area contributed by atoms with Gasteiger partial charge in [-0.15, -0.1) is 0 Å². The smallest absolute Gasteiger partial charge is 0.412 e. The summed E-state index contributed by atoms with van der Waals surface area (Å²) >= 11 is 0. The highest BCUT2D eigenvalue weighted by atomic mass is 32.2. The van der Waals surface area contributed by atoms with Crippen molar-refractivity contribution in [3.63, 3.8) is 0 Å². The first-order valence-electron chi connectivity index (χ1n) is 23.3. The average Bonchev–Trinajstić information content (AvgIpc) is 4.10. The second kappa shape index (κ2) is 23.0. The minimum absolute atomic E-state index is 0.146. The first-order valence-corrected chi connectivity index (χ1v) is 27.0. The summed E-state index contributed by atoms with van der Waals surface area (Å²) in [5.41, 5.74) is 0.929. The van der Waals surface area contributed by atoms with Crippen LogP contribution in [-0.2, 0) is 48.7 Å². The molecular formula is C45H66N10O12S2. The molecule has 4 heterocycles. The van der Waals surface area contributed by atoms with E-state index in [2.05, 4.69) is 31.9 Å². The molecule has 69 heavy (non-hydrogen) atoms. The predicted octanol–water partition coefficient (Wildman–Crippen LogP) is 0.846. The van der Waals surface area contributed by atoms with Gasteiger partial charge < -0.3 is 40.5 Å². The topological polar surface area (TPSA) is 274 Å². The van der Waals surface area contributed by atoms with Crippen molar-refractivity contribution in [2.45, 2.75) is 119 Å². The number of carbonyl (C=O) groups is 6. The third-order valence-electron chi connectivity index (χ3n) is 13.4. The number of likely N-dealkylation sites (N-methyl/N-ethyl adjacent to an activating group) is 2. The number of anilines is 2. The molecule has 0 bridgehead atoms. The third kappa shape index (κ3) is 13.1. The molecule has 2 aromatic carbocycles. The van der Waals surface area contributed by atoms with Crippen LogP contribution >= 0.6 is 0 Å². The Morgan fingerprint density at radius 1 is 0.594 bits per heavy atom. The second-order valence-electron chi connectivity index (χ2n) is 18.1. The van der Waals surface area contributed by atoms with Crippen LogP contribution in [0.25, 0.3) is 0 Å². The van der Waals surface area contributed by atoms with E-state index in [0.717, 1.165) is 12.5 Å². The summed E-state index contributed by atoms with van der Waals surface area (Å²) in [6.45, 7) is 3.24. The average molecular weight is 1000 g/mol. The number of sulfonamides is 2. The lowest BCUT2D eigenvalue weighted by atomic mass is 10.0. The SMILES string of the molecule is CN[C@@H](C)C(=O)N[C@@H](CCCCC[C@H](NC(=O)[C@H](C)NC)C(=O)N1CC[C@@H]2[C@H]1[C@@H](OC(=O)Nc1ccccc1)CN2S(C)(=O)=O)C(=O)N1CC[C@@H]2[C@H]1[C@@H](OC(=O)Nc1ccccc1)CN2S(C)(=O)=O. The summed E-state index contributed by atoms with van der Waals surface area (Å²) in [4.78, 5) is 85.0. The number of unbranched alkanes of at least 4 members (excludes halogenated alkanes) is 2. The van der Waals surface area contributed by atoms with E-state index in [-0.39, 0.29) is 51.9 Å². The third-order valence-corrected chi connectivity index (χ3v) is 15.9. The number of likely N-dealkylation sites (tertiary alicyclic amines) is 2. The Labute approximate surface area is 404 Å². The second-order valence-corrected chi connectivity index (χ2v) is 21.9. The van der Waals surface area contributed by atoms with Gasteiger partial charge in [0.15, 0.2) is 0 Å². The summed E-state index contributed by atoms with van der Waals surface area (Å²) in [5.74, 6) is -1.82. The van der Waals surface area contributed by atoms with Crippen LogP contribution in [0, 0.1) is 0 Å². The Balaban J connectivity index is 1.15. The van der Waals surface area contributed by atoms with Gasteiger partial charge in [-0.2, -0.15) is 8.61 Å². The Hall–Kier alpha value is -5.40. The monoisotopic (exact) mass is 1000 g/mol. The van der Waals surface area contributed by atoms with E-state index in [9.17, 15) is 45.6 Å². The molecule has 10 atom stereocenters. The first kappa shape index (κ1) is 53.0. The molecule has 24 heteroatoms. The number of rotatable bonds is 20. The number of amides is 6. The van der Waals surface area contributed by atoms with Crippen LogP contribution < -0.4 is 31.9 Å². The fourth-order valence-corrected chi connectivity index (χ4v) is 12.0. The van der Waals surface area contributed by atoms with Crippen molar-refractivity contribution < 1.29 is 55.1 Å². The zero-order chi connectivity index (χ0) is 50.2. The Morgan fingerprint density at radius 2 is 0.957 bits per heavy atom. The number of ether oxygens (including phenoxy) is 2. The fraction of sp³-hybridized carbons (Fsp3) is 0.600. The molecule has 22 nitrogen and oxygen atoms in total. The van der Waals surface area contributed by atoms with Crippen molar-refractivity contribution >= 4 is 67.2 Å². The fourth-order valence-electron chi connectivity index (χ4n) is 9.71. The molecule has 0 spiro atoms. The zero-order valence-corrected chi connectivity index (χ0v) is 41.5. The van der Waals surface area contributed by atoms with Crippen molar-refractivity contribution in [2.75, 3.05) is 63.4 Å². The number of benzene rings is 2. The quantitative estimate of drug-likeness (QED) is 0.100. The molecule has 6 rings (SSSR count). The highest BCUT2D eigenvalue weighted by molar-refractivity contribution is 7.88. The van der Waals surface area contributed by atoms with Gasteiger partial charge in [0.2, 0.25) is 43.7 Å². The Bertz CT molecular complexity index is 2220. The highest BCUT2D eigenvalue weighted by Gasteiger charge is 2.57. The number of fused-ring (bicyclic) bond motifs is 2. The number of nitrogens with zero attached hydrogens (tertiary/aromatic N) is 4. The molecule has 4 aliphatic heterocycles. The van der Waals surface area contributed by atoms with E-state index < -0.39 is 116 Å². The van der Waals surface area contributed by atoms with Crippen LogP contribution in [0.3, 0.4) is 0 Å². The number of carbonyl (C=O) groups excluding carboxylic acids is 6. The Morgan fingerprint density at radius 3 is 1.29 bits per heavy atom. The van der Waals surface area contributed by atoms with Crippen molar-refractivity contribution in [2.24, 2.45) is 0 Å². The van der Waals surface area contributed by atoms with Crippen molar-refractivity contribution in [3.05, 3.63) is 60.7 Å². The summed E-state index contributed by atoms with van der Waals surface area (Å²) < 4.78 is 65.9. The van der Waals surface area contributed by atoms with E-state index in [1.165, 1.54) is 18.4 Å². The summed E-state index contributed by atoms with van der Waals surface area (Å²) in [5, 5.41) is 16.8. The molecule has 0 unspecified atom stereocenters. The number of para-hydroxylation sites is 2. The standard InChI is InChI=1S/C45H66N10O12S2/c1-28(46-3)40(56)50-32(42(58)52-24-22-34-38(52)36(26-54(34)68(5,62)63)66-44(60)48-30-16-10-7-11-17-30)20-14-9-15-21-33(51-41(57)29(2)47-4)43(59)53-25-23-35-39(53)37(27-55(35)69(6,64)65)67-45(61)49-31-18-12-8-13-19-31/h7-8,10-13,16-19,28-29,32-39,46-47H,9,14-15,20-27H2,1-6H3,(H,48,60)(H,49,61)(H,50,56)(H,51,57)/t28-,29-,32-,33-,34+,35+,36-,37-,38-,39-/m0/s1. The highest BCUT2D eigenvalue weighted by Crippen LogP contribution is 2.37. The van der Waals surface area contributed by atoms with Crippen LogP contribution in [0.15, 0.2) is 60.7 Å². The van der Waals surface area contributed by atoms with E-state index >= 15 is 0 Å².